The predicted molar refractivity (Wildman–Crippen MR) is 54.7 cm³/mol. The van der Waals surface area contributed by atoms with Crippen molar-refractivity contribution >= 4 is 5.78 Å². The summed E-state index contributed by atoms with van der Waals surface area (Å²) in [4.78, 5) is 12.1. The summed E-state index contributed by atoms with van der Waals surface area (Å²) in [5, 5.41) is 0. The van der Waals surface area contributed by atoms with Gasteiger partial charge in [0.1, 0.15) is 11.5 Å². The summed E-state index contributed by atoms with van der Waals surface area (Å²) < 4.78 is 5.44. The molecule has 0 spiro atoms. The molecule has 0 radical (unpaired) electrons. The molecule has 0 amide bonds. The van der Waals surface area contributed by atoms with Crippen molar-refractivity contribution in [3.63, 3.8) is 0 Å². The maximum atomic E-state index is 12.1. The van der Waals surface area contributed by atoms with Gasteiger partial charge in [-0.15, -0.1) is 0 Å². The van der Waals surface area contributed by atoms with Gasteiger partial charge in [0.25, 0.3) is 0 Å². The van der Waals surface area contributed by atoms with E-state index in [4.69, 9.17) is 4.74 Å². The van der Waals surface area contributed by atoms with Crippen LogP contribution in [0.5, 0.6) is 0 Å². The Morgan fingerprint density at radius 2 is 2.36 bits per heavy atom. The Morgan fingerprint density at radius 3 is 2.86 bits per heavy atom. The first kappa shape index (κ1) is 9.75. The Bertz CT molecular complexity index is 282. The first-order chi connectivity index (χ1) is 6.60. The van der Waals surface area contributed by atoms with Gasteiger partial charge >= 0.3 is 0 Å². The van der Waals surface area contributed by atoms with Gasteiger partial charge in [0.2, 0.25) is 0 Å². The summed E-state index contributed by atoms with van der Waals surface area (Å²) in [7, 11) is 0. The Morgan fingerprint density at radius 1 is 1.64 bits per heavy atom. The van der Waals surface area contributed by atoms with Crippen LogP contribution in [-0.2, 0) is 9.53 Å². The standard InChI is InChI=1S/C12H18O2/c1-4-14-8(2)12(3)10-6-5-9(7-10)11(12)13/h9-10H,2,4-7H2,1,3H3. The second-order valence-corrected chi connectivity index (χ2v) is 4.63. The molecule has 14 heavy (non-hydrogen) atoms. The van der Waals surface area contributed by atoms with Crippen LogP contribution in [-0.4, -0.2) is 12.4 Å². The van der Waals surface area contributed by atoms with Crippen LogP contribution in [0.2, 0.25) is 0 Å². The van der Waals surface area contributed by atoms with E-state index in [0.29, 0.717) is 30.0 Å². The fourth-order valence-corrected chi connectivity index (χ4v) is 3.06. The molecule has 3 atom stereocenters. The lowest BCUT2D eigenvalue weighted by molar-refractivity contribution is -0.131. The van der Waals surface area contributed by atoms with Crippen molar-refractivity contribution in [3.8, 4) is 0 Å². The van der Waals surface area contributed by atoms with Crippen molar-refractivity contribution in [1.29, 1.82) is 0 Å². The Labute approximate surface area is 85.3 Å². The van der Waals surface area contributed by atoms with Gasteiger partial charge in [-0.05, 0) is 39.0 Å². The number of Topliss-reactive ketones (excluding diaryl/α,β-unsaturated/α-hetero) is 1. The molecular formula is C12H18O2. The van der Waals surface area contributed by atoms with Crippen LogP contribution in [0.1, 0.15) is 33.1 Å². The monoisotopic (exact) mass is 194 g/mol. The van der Waals surface area contributed by atoms with E-state index >= 15 is 0 Å². The van der Waals surface area contributed by atoms with Crippen molar-refractivity contribution in [3.05, 3.63) is 12.3 Å². The highest BCUT2D eigenvalue weighted by Crippen LogP contribution is 2.56. The van der Waals surface area contributed by atoms with E-state index in [9.17, 15) is 4.79 Å². The van der Waals surface area contributed by atoms with Gasteiger partial charge in [-0.25, -0.2) is 0 Å². The van der Waals surface area contributed by atoms with E-state index in [0.717, 1.165) is 12.8 Å². The topological polar surface area (TPSA) is 26.3 Å². The Hall–Kier alpha value is -0.790. The molecule has 2 bridgehead atoms. The van der Waals surface area contributed by atoms with E-state index < -0.39 is 0 Å². The molecule has 2 fully saturated rings. The first-order valence-electron chi connectivity index (χ1n) is 5.47. The number of rotatable bonds is 3. The minimum absolute atomic E-state index is 0.294. The molecule has 2 aliphatic carbocycles. The van der Waals surface area contributed by atoms with E-state index in [2.05, 4.69) is 6.58 Å². The molecule has 0 N–H and O–H groups in total. The highest BCUT2D eigenvalue weighted by molar-refractivity contribution is 5.92. The van der Waals surface area contributed by atoms with Crippen molar-refractivity contribution in [2.75, 3.05) is 6.61 Å². The van der Waals surface area contributed by atoms with Crippen LogP contribution in [0, 0.1) is 17.3 Å². The maximum absolute atomic E-state index is 12.1. The minimum atomic E-state index is -0.376. The van der Waals surface area contributed by atoms with Gasteiger partial charge < -0.3 is 4.74 Å². The smallest absolute Gasteiger partial charge is 0.149 e. The quantitative estimate of drug-likeness (QED) is 0.645. The summed E-state index contributed by atoms with van der Waals surface area (Å²) in [6.45, 7) is 8.48. The molecule has 0 aromatic carbocycles. The molecule has 78 valence electrons. The van der Waals surface area contributed by atoms with Gasteiger partial charge in [0.05, 0.1) is 12.0 Å². The molecule has 3 unspecified atom stereocenters. The molecule has 0 saturated heterocycles. The molecule has 2 heteroatoms. The van der Waals surface area contributed by atoms with Gasteiger partial charge in [-0.2, -0.15) is 0 Å². The van der Waals surface area contributed by atoms with Gasteiger partial charge in [0.15, 0.2) is 0 Å². The highest BCUT2D eigenvalue weighted by Gasteiger charge is 2.57. The van der Waals surface area contributed by atoms with Gasteiger partial charge in [0, 0.05) is 5.92 Å². The van der Waals surface area contributed by atoms with E-state index in [-0.39, 0.29) is 5.41 Å². The van der Waals surface area contributed by atoms with Crippen molar-refractivity contribution in [2.24, 2.45) is 17.3 Å². The van der Waals surface area contributed by atoms with Gasteiger partial charge in [-0.1, -0.05) is 6.58 Å². The molecule has 0 heterocycles. The second-order valence-electron chi connectivity index (χ2n) is 4.63. The highest BCUT2D eigenvalue weighted by atomic mass is 16.5. The van der Waals surface area contributed by atoms with E-state index in [1.54, 1.807) is 0 Å². The summed E-state index contributed by atoms with van der Waals surface area (Å²) in [5.41, 5.74) is -0.376. The van der Waals surface area contributed by atoms with Crippen molar-refractivity contribution in [2.45, 2.75) is 33.1 Å². The van der Waals surface area contributed by atoms with E-state index in [1.165, 1.54) is 6.42 Å². The number of fused-ring (bicyclic) bond motifs is 2. The van der Waals surface area contributed by atoms with Gasteiger partial charge in [-0.3, -0.25) is 4.79 Å². The second kappa shape index (κ2) is 3.11. The summed E-state index contributed by atoms with van der Waals surface area (Å²) in [6.07, 6.45) is 3.30. The fourth-order valence-electron chi connectivity index (χ4n) is 3.06. The number of allylic oxidation sites excluding steroid dienone is 1. The number of ketones is 1. The van der Waals surface area contributed by atoms with Crippen LogP contribution < -0.4 is 0 Å². The van der Waals surface area contributed by atoms with Crippen LogP contribution in [0.25, 0.3) is 0 Å². The molecule has 0 aromatic heterocycles. The Kier molecular flexibility index (Phi) is 2.17. The lowest BCUT2D eigenvalue weighted by Crippen LogP contribution is -2.36. The zero-order valence-electron chi connectivity index (χ0n) is 9.01. The normalized spacial score (nSPS) is 40.3. The van der Waals surface area contributed by atoms with E-state index in [1.807, 2.05) is 13.8 Å². The van der Waals surface area contributed by atoms with Crippen molar-refractivity contribution in [1.82, 2.24) is 0 Å². The Balaban J connectivity index is 2.23. The number of carbonyl (C=O) groups excluding carboxylic acids is 1. The lowest BCUT2D eigenvalue weighted by Gasteiger charge is -2.33. The fraction of sp³-hybridized carbons (Fsp3) is 0.750. The largest absolute Gasteiger partial charge is 0.498 e. The molecule has 0 aromatic rings. The average Bonchev–Trinajstić information content (AvgIpc) is 2.71. The third kappa shape index (κ3) is 1.06. The first-order valence-corrected chi connectivity index (χ1v) is 5.47. The number of ether oxygens (including phenoxy) is 1. The molecule has 2 nitrogen and oxygen atoms in total. The maximum Gasteiger partial charge on any atom is 0.149 e. The minimum Gasteiger partial charge on any atom is -0.498 e. The van der Waals surface area contributed by atoms with Crippen LogP contribution in [0.3, 0.4) is 0 Å². The number of hydrogen-bond acceptors (Lipinski definition) is 2. The summed E-state index contributed by atoms with van der Waals surface area (Å²) >= 11 is 0. The molecular weight excluding hydrogens is 176 g/mol. The molecule has 2 saturated carbocycles. The summed E-state index contributed by atoms with van der Waals surface area (Å²) in [5.74, 6) is 1.84. The third-order valence-electron chi connectivity index (χ3n) is 4.03. The molecule has 2 rings (SSSR count). The lowest BCUT2D eigenvalue weighted by atomic mass is 9.72. The number of hydrogen-bond donors (Lipinski definition) is 0. The SMILES string of the molecule is C=C(OCC)C1(C)C(=O)C2CCC1C2. The molecule has 0 aliphatic heterocycles. The van der Waals surface area contributed by atoms with Crippen LogP contribution in [0.4, 0.5) is 0 Å². The third-order valence-corrected chi connectivity index (χ3v) is 4.03. The average molecular weight is 194 g/mol. The summed E-state index contributed by atoms with van der Waals surface area (Å²) in [6, 6.07) is 0. The zero-order chi connectivity index (χ0) is 10.3. The number of carbonyl (C=O) groups is 1. The predicted octanol–water partition coefficient (Wildman–Crippen LogP) is 2.54. The van der Waals surface area contributed by atoms with Crippen LogP contribution in [0.15, 0.2) is 12.3 Å². The van der Waals surface area contributed by atoms with Crippen molar-refractivity contribution < 1.29 is 9.53 Å². The zero-order valence-corrected chi connectivity index (χ0v) is 9.01. The van der Waals surface area contributed by atoms with Crippen LogP contribution >= 0.6 is 0 Å². The molecule has 2 aliphatic rings.